The zero-order chi connectivity index (χ0) is 37.9. The Kier molecular flexibility index (Phi) is 23.6. The van der Waals surface area contributed by atoms with Gasteiger partial charge in [0.05, 0.1) is 0 Å². The van der Waals surface area contributed by atoms with Gasteiger partial charge in [0.25, 0.3) is 0 Å². The van der Waals surface area contributed by atoms with Crippen molar-refractivity contribution in [1.29, 1.82) is 0 Å². The average Bonchev–Trinajstić information content (AvgIpc) is 3.24. The van der Waals surface area contributed by atoms with Crippen LogP contribution < -0.4 is 0 Å². The van der Waals surface area contributed by atoms with Gasteiger partial charge in [-0.1, -0.05) is 218 Å². The topological polar surface area (TPSA) is 51.2 Å². The number of carbonyl (C=O) groups is 3. The maximum Gasteiger partial charge on any atom is 0.178 e. The molecule has 0 saturated heterocycles. The summed E-state index contributed by atoms with van der Waals surface area (Å²) in [5, 5.41) is 0. The number of rotatable bonds is 12. The Morgan fingerprint density at radius 1 is 0.232 bits per heavy atom. The SMILES string of the molecule is O=C(/C=C/c1ccccc1)/C=C/c1ccccc1.O=C(/C=C\c1ccccc1)/C=C/c1ccccc1.O=C(/C=C\c1ccccc1)/C=C/c1ccccc1.[Pd].[Pd]. The molecule has 0 aromatic heterocycles. The van der Waals surface area contributed by atoms with E-state index >= 15 is 0 Å². The number of carbonyl (C=O) groups excluding carboxylic acids is 3. The van der Waals surface area contributed by atoms with Gasteiger partial charge < -0.3 is 0 Å². The van der Waals surface area contributed by atoms with Crippen LogP contribution in [0.1, 0.15) is 33.4 Å². The van der Waals surface area contributed by atoms with Crippen molar-refractivity contribution in [2.75, 3.05) is 0 Å². The van der Waals surface area contributed by atoms with Crippen molar-refractivity contribution in [2.45, 2.75) is 0 Å². The molecule has 0 aliphatic rings. The smallest absolute Gasteiger partial charge is 0.178 e. The molecule has 6 rings (SSSR count). The Bertz CT molecular complexity index is 1760. The van der Waals surface area contributed by atoms with Crippen LogP contribution in [0.5, 0.6) is 0 Å². The second kappa shape index (κ2) is 28.5. The van der Waals surface area contributed by atoms with Crippen molar-refractivity contribution in [1.82, 2.24) is 0 Å². The van der Waals surface area contributed by atoms with Crippen molar-refractivity contribution < 1.29 is 55.2 Å². The standard InChI is InChI=1S/3C17H14O.2Pd/c3*18-17(13-11-15-7-3-1-4-8-15)14-12-16-9-5-2-6-10-16;;/h3*1-14H;;/b13-11+,14-12+;2*13-11-,14-12+;;. The molecule has 0 aliphatic heterocycles. The molecule has 6 aromatic rings. The molecule has 0 unspecified atom stereocenters. The van der Waals surface area contributed by atoms with E-state index in [0.29, 0.717) is 0 Å². The second-order valence-electron chi connectivity index (χ2n) is 11.7. The third kappa shape index (κ3) is 20.5. The molecule has 3 nitrogen and oxygen atoms in total. The third-order valence-corrected chi connectivity index (χ3v) is 7.44. The van der Waals surface area contributed by atoms with Crippen LogP contribution in [0, 0.1) is 0 Å². The molecule has 0 atom stereocenters. The number of ketones is 3. The molecular formula is C51H42O3Pd2. The largest absolute Gasteiger partial charge is 0.290 e. The Balaban J connectivity index is 0.000000285. The zero-order valence-electron chi connectivity index (χ0n) is 30.6. The average molecular weight is 916 g/mol. The quantitative estimate of drug-likeness (QED) is 0.0908. The molecule has 0 aliphatic carbocycles. The molecule has 0 radical (unpaired) electrons. The molecule has 6 aromatic carbocycles. The van der Waals surface area contributed by atoms with Gasteiger partial charge in [0, 0.05) is 40.8 Å². The molecule has 0 bridgehead atoms. The minimum absolute atomic E-state index is 0. The van der Waals surface area contributed by atoms with Crippen LogP contribution in [0.2, 0.25) is 0 Å². The van der Waals surface area contributed by atoms with E-state index in [9.17, 15) is 14.4 Å². The molecule has 284 valence electrons. The van der Waals surface area contributed by atoms with Crippen LogP contribution in [0.15, 0.2) is 218 Å². The van der Waals surface area contributed by atoms with Crippen molar-refractivity contribution in [3.63, 3.8) is 0 Å². The normalized spacial score (nSPS) is 10.7. The van der Waals surface area contributed by atoms with Gasteiger partial charge in [-0.05, 0) is 69.8 Å². The van der Waals surface area contributed by atoms with Crippen LogP contribution in [0.25, 0.3) is 36.5 Å². The summed E-state index contributed by atoms with van der Waals surface area (Å²) in [6, 6.07) is 58.7. The first-order chi connectivity index (χ1) is 26.5. The summed E-state index contributed by atoms with van der Waals surface area (Å²) in [4.78, 5) is 34.8. The number of hydrogen-bond acceptors (Lipinski definition) is 3. The van der Waals surface area contributed by atoms with Gasteiger partial charge in [0.15, 0.2) is 17.3 Å². The Labute approximate surface area is 358 Å². The van der Waals surface area contributed by atoms with Crippen LogP contribution in [-0.2, 0) is 55.2 Å². The predicted octanol–water partition coefficient (Wildman–Crippen LogP) is 11.9. The van der Waals surface area contributed by atoms with Gasteiger partial charge in [-0.15, -0.1) is 0 Å². The van der Waals surface area contributed by atoms with Gasteiger partial charge in [0.2, 0.25) is 0 Å². The van der Waals surface area contributed by atoms with Gasteiger partial charge in [-0.2, -0.15) is 0 Å². The fraction of sp³-hybridized carbons (Fsp3) is 0. The second-order valence-corrected chi connectivity index (χ2v) is 11.7. The molecule has 0 N–H and O–H groups in total. The summed E-state index contributed by atoms with van der Waals surface area (Å²) in [6.45, 7) is 0. The van der Waals surface area contributed by atoms with Crippen LogP contribution in [0.3, 0.4) is 0 Å². The summed E-state index contributed by atoms with van der Waals surface area (Å²) in [7, 11) is 0. The molecule has 0 spiro atoms. The molecule has 0 saturated carbocycles. The van der Waals surface area contributed by atoms with E-state index in [4.69, 9.17) is 0 Å². The minimum atomic E-state index is -0.0114. The number of benzene rings is 6. The van der Waals surface area contributed by atoms with E-state index in [1.807, 2.05) is 218 Å². The van der Waals surface area contributed by atoms with E-state index in [2.05, 4.69) is 0 Å². The third-order valence-electron chi connectivity index (χ3n) is 7.44. The first-order valence-corrected chi connectivity index (χ1v) is 17.5. The molecule has 0 amide bonds. The molecular weight excluding hydrogens is 873 g/mol. The van der Waals surface area contributed by atoms with Crippen molar-refractivity contribution in [2.24, 2.45) is 0 Å². The molecule has 5 heteroatoms. The van der Waals surface area contributed by atoms with Crippen LogP contribution in [0.4, 0.5) is 0 Å². The van der Waals surface area contributed by atoms with Gasteiger partial charge in [-0.3, -0.25) is 14.4 Å². The Hall–Kier alpha value is -5.91. The molecule has 0 heterocycles. The van der Waals surface area contributed by atoms with E-state index in [1.54, 1.807) is 36.5 Å². The summed E-state index contributed by atoms with van der Waals surface area (Å²) in [5.74, 6) is -0.0341. The summed E-state index contributed by atoms with van der Waals surface area (Å²) < 4.78 is 0. The number of hydrogen-bond donors (Lipinski definition) is 0. The number of allylic oxidation sites excluding steroid dienone is 6. The van der Waals surface area contributed by atoms with E-state index in [1.165, 1.54) is 0 Å². The minimum Gasteiger partial charge on any atom is -0.290 e. The summed E-state index contributed by atoms with van der Waals surface area (Å²) >= 11 is 0. The zero-order valence-corrected chi connectivity index (χ0v) is 33.7. The van der Waals surface area contributed by atoms with E-state index in [-0.39, 0.29) is 58.2 Å². The van der Waals surface area contributed by atoms with E-state index < -0.39 is 0 Å². The van der Waals surface area contributed by atoms with Crippen molar-refractivity contribution in [3.05, 3.63) is 252 Å². The fourth-order valence-corrected chi connectivity index (χ4v) is 4.62. The predicted molar refractivity (Wildman–Crippen MR) is 228 cm³/mol. The first kappa shape index (κ1) is 46.2. The monoisotopic (exact) mass is 914 g/mol. The Morgan fingerprint density at radius 2 is 0.357 bits per heavy atom. The summed E-state index contributed by atoms with van der Waals surface area (Å²) in [6.07, 6.45) is 20.4. The summed E-state index contributed by atoms with van der Waals surface area (Å²) in [5.41, 5.74) is 6.16. The van der Waals surface area contributed by atoms with Gasteiger partial charge in [0.1, 0.15) is 0 Å². The maximum absolute atomic E-state index is 11.6. The maximum atomic E-state index is 11.6. The van der Waals surface area contributed by atoms with Crippen molar-refractivity contribution >= 4 is 53.8 Å². The van der Waals surface area contributed by atoms with E-state index in [0.717, 1.165) is 33.4 Å². The molecule has 0 fully saturated rings. The first-order valence-electron chi connectivity index (χ1n) is 17.5. The van der Waals surface area contributed by atoms with Gasteiger partial charge in [-0.25, -0.2) is 0 Å². The Morgan fingerprint density at radius 3 is 0.482 bits per heavy atom. The van der Waals surface area contributed by atoms with Crippen LogP contribution >= 0.6 is 0 Å². The van der Waals surface area contributed by atoms with Crippen LogP contribution in [-0.4, -0.2) is 17.3 Å². The van der Waals surface area contributed by atoms with Gasteiger partial charge >= 0.3 is 0 Å². The fourth-order valence-electron chi connectivity index (χ4n) is 4.62. The van der Waals surface area contributed by atoms with Crippen molar-refractivity contribution in [3.8, 4) is 0 Å². The molecule has 56 heavy (non-hydrogen) atoms.